The highest BCUT2D eigenvalue weighted by Crippen LogP contribution is 2.13. The standard InChI is InChI=1S/C7H11BrN2O2S/c1-3-10-6(4-9-7(10)8)5-13(2,11)12/h4H,3,5H2,1-2H3. The first kappa shape index (κ1) is 10.7. The lowest BCUT2D eigenvalue weighted by Crippen LogP contribution is -2.07. The molecule has 0 aliphatic rings. The Labute approximate surface area is 86.0 Å². The summed E-state index contributed by atoms with van der Waals surface area (Å²) < 4.78 is 24.5. The molecule has 0 fully saturated rings. The van der Waals surface area contributed by atoms with Gasteiger partial charge in [0.2, 0.25) is 0 Å². The Balaban J connectivity index is 3.02. The number of imidazole rings is 1. The molecule has 6 heteroatoms. The SMILES string of the molecule is CCn1c(CS(C)(=O)=O)cnc1Br. The van der Waals surface area contributed by atoms with Gasteiger partial charge >= 0.3 is 0 Å². The van der Waals surface area contributed by atoms with E-state index in [1.54, 1.807) is 6.20 Å². The first-order chi connectivity index (χ1) is 5.94. The number of hydrogen-bond acceptors (Lipinski definition) is 3. The highest BCUT2D eigenvalue weighted by atomic mass is 79.9. The molecule has 0 spiro atoms. The molecule has 1 aromatic heterocycles. The maximum Gasteiger partial charge on any atom is 0.177 e. The third kappa shape index (κ3) is 2.80. The Hall–Kier alpha value is -0.360. The Morgan fingerprint density at radius 3 is 2.69 bits per heavy atom. The van der Waals surface area contributed by atoms with Gasteiger partial charge in [0.25, 0.3) is 0 Å². The summed E-state index contributed by atoms with van der Waals surface area (Å²) in [6, 6.07) is 0. The molecule has 0 radical (unpaired) electrons. The van der Waals surface area contributed by atoms with Crippen LogP contribution < -0.4 is 0 Å². The van der Waals surface area contributed by atoms with Crippen LogP contribution in [-0.2, 0) is 22.1 Å². The van der Waals surface area contributed by atoms with E-state index in [2.05, 4.69) is 20.9 Å². The molecule has 1 heterocycles. The van der Waals surface area contributed by atoms with E-state index in [-0.39, 0.29) is 5.75 Å². The Kier molecular flexibility index (Phi) is 3.13. The van der Waals surface area contributed by atoms with E-state index >= 15 is 0 Å². The lowest BCUT2D eigenvalue weighted by molar-refractivity contribution is 0.597. The average Bonchev–Trinajstić information content (AvgIpc) is 2.28. The molecule has 0 unspecified atom stereocenters. The van der Waals surface area contributed by atoms with Crippen molar-refractivity contribution in [3.8, 4) is 0 Å². The fourth-order valence-electron chi connectivity index (χ4n) is 1.10. The van der Waals surface area contributed by atoms with Crippen molar-refractivity contribution in [1.82, 2.24) is 9.55 Å². The van der Waals surface area contributed by atoms with Gasteiger partial charge in [0.05, 0.1) is 17.6 Å². The maximum atomic E-state index is 11.0. The van der Waals surface area contributed by atoms with Crippen molar-refractivity contribution in [2.45, 2.75) is 19.2 Å². The van der Waals surface area contributed by atoms with Gasteiger partial charge in [-0.1, -0.05) is 0 Å². The zero-order chi connectivity index (χ0) is 10.1. The maximum absolute atomic E-state index is 11.0. The van der Waals surface area contributed by atoms with Crippen molar-refractivity contribution in [3.05, 3.63) is 16.6 Å². The summed E-state index contributed by atoms with van der Waals surface area (Å²) in [4.78, 5) is 3.99. The predicted octanol–water partition coefficient (Wildman–Crippen LogP) is 1.21. The highest BCUT2D eigenvalue weighted by Gasteiger charge is 2.11. The molecule has 1 aromatic rings. The fourth-order valence-corrected chi connectivity index (χ4v) is 2.45. The predicted molar refractivity (Wildman–Crippen MR) is 54.1 cm³/mol. The van der Waals surface area contributed by atoms with Gasteiger partial charge in [-0.3, -0.25) is 0 Å². The molecule has 0 bridgehead atoms. The van der Waals surface area contributed by atoms with E-state index in [1.807, 2.05) is 11.5 Å². The van der Waals surface area contributed by atoms with Gasteiger partial charge in [0.15, 0.2) is 14.6 Å². The van der Waals surface area contributed by atoms with Crippen molar-refractivity contribution < 1.29 is 8.42 Å². The second-order valence-corrected chi connectivity index (χ2v) is 5.68. The minimum atomic E-state index is -2.98. The molecule has 0 aliphatic heterocycles. The second kappa shape index (κ2) is 3.79. The molecule has 0 N–H and O–H groups in total. The topological polar surface area (TPSA) is 52.0 Å². The molecule has 74 valence electrons. The van der Waals surface area contributed by atoms with Crippen molar-refractivity contribution in [2.75, 3.05) is 6.26 Å². The van der Waals surface area contributed by atoms with E-state index in [9.17, 15) is 8.42 Å². The first-order valence-corrected chi connectivity index (χ1v) is 6.67. The Bertz CT molecular complexity index is 397. The van der Waals surface area contributed by atoms with Crippen LogP contribution in [0.5, 0.6) is 0 Å². The van der Waals surface area contributed by atoms with Gasteiger partial charge in [-0.15, -0.1) is 0 Å². The third-order valence-electron chi connectivity index (χ3n) is 1.62. The second-order valence-electron chi connectivity index (χ2n) is 2.83. The normalized spacial score (nSPS) is 11.9. The van der Waals surface area contributed by atoms with Crippen LogP contribution in [0.15, 0.2) is 10.9 Å². The van der Waals surface area contributed by atoms with Crippen LogP contribution in [0.4, 0.5) is 0 Å². The van der Waals surface area contributed by atoms with Crippen LogP contribution in [0.3, 0.4) is 0 Å². The van der Waals surface area contributed by atoms with Gasteiger partial charge in [-0.25, -0.2) is 13.4 Å². The first-order valence-electron chi connectivity index (χ1n) is 3.81. The summed E-state index contributed by atoms with van der Waals surface area (Å²) in [5, 5.41) is 0. The average molecular weight is 267 g/mol. The molecular formula is C7H11BrN2O2S. The van der Waals surface area contributed by atoms with Crippen LogP contribution in [0, 0.1) is 0 Å². The molecule has 13 heavy (non-hydrogen) atoms. The molecule has 0 aliphatic carbocycles. The summed E-state index contributed by atoms with van der Waals surface area (Å²) >= 11 is 3.24. The van der Waals surface area contributed by atoms with Crippen LogP contribution in [0.1, 0.15) is 12.6 Å². The lowest BCUT2D eigenvalue weighted by atomic mass is 10.5. The zero-order valence-corrected chi connectivity index (χ0v) is 9.89. The van der Waals surface area contributed by atoms with E-state index in [1.165, 1.54) is 6.26 Å². The summed E-state index contributed by atoms with van der Waals surface area (Å²) in [6.07, 6.45) is 2.79. The van der Waals surface area contributed by atoms with Crippen molar-refractivity contribution in [1.29, 1.82) is 0 Å². The van der Waals surface area contributed by atoms with E-state index in [0.29, 0.717) is 11.3 Å². The molecular weight excluding hydrogens is 256 g/mol. The smallest absolute Gasteiger partial charge is 0.177 e. The summed E-state index contributed by atoms with van der Waals surface area (Å²) in [7, 11) is -2.98. The molecule has 0 amide bonds. The summed E-state index contributed by atoms with van der Waals surface area (Å²) in [5.74, 6) is 0.0411. The van der Waals surface area contributed by atoms with Crippen LogP contribution in [0.25, 0.3) is 0 Å². The minimum absolute atomic E-state index is 0.0411. The highest BCUT2D eigenvalue weighted by molar-refractivity contribution is 9.10. The van der Waals surface area contributed by atoms with Gasteiger partial charge in [0, 0.05) is 12.8 Å². The van der Waals surface area contributed by atoms with E-state index in [4.69, 9.17) is 0 Å². The molecule has 0 aromatic carbocycles. The van der Waals surface area contributed by atoms with Crippen LogP contribution in [-0.4, -0.2) is 24.2 Å². The molecule has 0 saturated heterocycles. The van der Waals surface area contributed by atoms with Gasteiger partial charge in [-0.2, -0.15) is 0 Å². The minimum Gasteiger partial charge on any atom is -0.322 e. The fraction of sp³-hybridized carbons (Fsp3) is 0.571. The van der Waals surface area contributed by atoms with Gasteiger partial charge in [0.1, 0.15) is 0 Å². The largest absolute Gasteiger partial charge is 0.322 e. The number of halogens is 1. The number of nitrogens with zero attached hydrogens (tertiary/aromatic N) is 2. The molecule has 4 nitrogen and oxygen atoms in total. The van der Waals surface area contributed by atoms with Gasteiger partial charge < -0.3 is 4.57 Å². The molecule has 1 rings (SSSR count). The number of aromatic nitrogens is 2. The molecule has 0 saturated carbocycles. The van der Waals surface area contributed by atoms with E-state index in [0.717, 1.165) is 5.69 Å². The number of hydrogen-bond donors (Lipinski definition) is 0. The van der Waals surface area contributed by atoms with Gasteiger partial charge in [-0.05, 0) is 22.9 Å². The van der Waals surface area contributed by atoms with Crippen molar-refractivity contribution in [2.24, 2.45) is 0 Å². The monoisotopic (exact) mass is 266 g/mol. The van der Waals surface area contributed by atoms with Crippen LogP contribution in [0.2, 0.25) is 0 Å². The Morgan fingerprint density at radius 2 is 2.23 bits per heavy atom. The quantitative estimate of drug-likeness (QED) is 0.827. The molecule has 0 atom stereocenters. The zero-order valence-electron chi connectivity index (χ0n) is 7.49. The summed E-state index contributed by atoms with van der Waals surface area (Å²) in [6.45, 7) is 2.66. The Morgan fingerprint density at radius 1 is 1.62 bits per heavy atom. The lowest BCUT2D eigenvalue weighted by Gasteiger charge is -2.04. The van der Waals surface area contributed by atoms with Crippen molar-refractivity contribution >= 4 is 25.8 Å². The van der Waals surface area contributed by atoms with Crippen molar-refractivity contribution in [3.63, 3.8) is 0 Å². The summed E-state index contributed by atoms with van der Waals surface area (Å²) in [5.41, 5.74) is 0.719. The third-order valence-corrected chi connectivity index (χ3v) is 3.07. The number of rotatable bonds is 3. The van der Waals surface area contributed by atoms with Crippen LogP contribution >= 0.6 is 15.9 Å². The number of sulfone groups is 1. The van der Waals surface area contributed by atoms with E-state index < -0.39 is 9.84 Å².